The van der Waals surface area contributed by atoms with E-state index < -0.39 is 0 Å². The van der Waals surface area contributed by atoms with E-state index in [2.05, 4.69) is 22.5 Å². The van der Waals surface area contributed by atoms with Gasteiger partial charge in [-0.25, -0.2) is 4.99 Å². The summed E-state index contributed by atoms with van der Waals surface area (Å²) in [6.07, 6.45) is 0.967. The van der Waals surface area contributed by atoms with Gasteiger partial charge in [0.2, 0.25) is 0 Å². The van der Waals surface area contributed by atoms with Crippen molar-refractivity contribution < 1.29 is 14.2 Å². The fraction of sp³-hybridized carbons (Fsp3) is 0.611. The molecule has 1 rings (SSSR count). The summed E-state index contributed by atoms with van der Waals surface area (Å²) in [6, 6.07) is 5.92. The van der Waals surface area contributed by atoms with E-state index in [1.165, 1.54) is 0 Å². The van der Waals surface area contributed by atoms with Gasteiger partial charge in [0.1, 0.15) is 0 Å². The fourth-order valence-electron chi connectivity index (χ4n) is 2.04. The van der Waals surface area contributed by atoms with Gasteiger partial charge in [-0.1, -0.05) is 13.0 Å². The molecule has 2 N–H and O–H groups in total. The van der Waals surface area contributed by atoms with Gasteiger partial charge in [-0.05, 0) is 38.0 Å². The Labute approximate surface area is 145 Å². The summed E-state index contributed by atoms with van der Waals surface area (Å²) >= 11 is 0. The van der Waals surface area contributed by atoms with Gasteiger partial charge in [-0.15, -0.1) is 0 Å². The molecule has 24 heavy (non-hydrogen) atoms. The summed E-state index contributed by atoms with van der Waals surface area (Å²) < 4.78 is 16.4. The fourth-order valence-corrected chi connectivity index (χ4v) is 2.04. The molecule has 1 aromatic carbocycles. The maximum absolute atomic E-state index is 5.67. The normalized spacial score (nSPS) is 11.2. The summed E-state index contributed by atoms with van der Waals surface area (Å²) in [5, 5.41) is 6.48. The zero-order chi connectivity index (χ0) is 17.6. The molecule has 0 aromatic heterocycles. The topological polar surface area (TPSA) is 64.1 Å². The van der Waals surface area contributed by atoms with Crippen molar-refractivity contribution in [1.29, 1.82) is 0 Å². The van der Waals surface area contributed by atoms with Crippen LogP contribution in [0, 0.1) is 0 Å². The van der Waals surface area contributed by atoms with Crippen molar-refractivity contribution in [3.63, 3.8) is 0 Å². The van der Waals surface area contributed by atoms with E-state index in [1.54, 1.807) is 7.11 Å². The summed E-state index contributed by atoms with van der Waals surface area (Å²) in [7, 11) is 1.65. The van der Waals surface area contributed by atoms with Crippen LogP contribution in [0.25, 0.3) is 0 Å². The number of ether oxygens (including phenoxy) is 3. The van der Waals surface area contributed by atoms with E-state index in [0.717, 1.165) is 49.1 Å². The third-order valence-corrected chi connectivity index (χ3v) is 3.20. The Morgan fingerprint density at radius 2 is 1.92 bits per heavy atom. The summed E-state index contributed by atoms with van der Waals surface area (Å²) in [6.45, 7) is 10.3. The lowest BCUT2D eigenvalue weighted by Gasteiger charge is -2.13. The molecule has 6 heteroatoms. The minimum absolute atomic E-state index is 0.564. The number of benzene rings is 1. The molecule has 6 nitrogen and oxygen atoms in total. The molecule has 0 bridgehead atoms. The number of hydrogen-bond donors (Lipinski definition) is 2. The number of nitrogens with zero attached hydrogens (tertiary/aromatic N) is 1. The van der Waals surface area contributed by atoms with Crippen molar-refractivity contribution in [3.05, 3.63) is 23.8 Å². The summed E-state index contributed by atoms with van der Waals surface area (Å²) in [4.78, 5) is 4.59. The minimum atomic E-state index is 0.564. The minimum Gasteiger partial charge on any atom is -0.493 e. The van der Waals surface area contributed by atoms with E-state index in [-0.39, 0.29) is 0 Å². The van der Waals surface area contributed by atoms with Crippen LogP contribution >= 0.6 is 0 Å². The second-order valence-electron chi connectivity index (χ2n) is 5.15. The molecule has 0 unspecified atom stereocenters. The van der Waals surface area contributed by atoms with Crippen molar-refractivity contribution in [2.24, 2.45) is 4.99 Å². The Morgan fingerprint density at radius 3 is 2.58 bits per heavy atom. The highest BCUT2D eigenvalue weighted by Gasteiger charge is 2.06. The van der Waals surface area contributed by atoms with Crippen molar-refractivity contribution in [1.82, 2.24) is 10.6 Å². The third kappa shape index (κ3) is 7.55. The second-order valence-corrected chi connectivity index (χ2v) is 5.15. The number of rotatable bonds is 11. The summed E-state index contributed by atoms with van der Waals surface area (Å²) in [5.41, 5.74) is 1.07. The van der Waals surface area contributed by atoms with Gasteiger partial charge in [-0.3, -0.25) is 0 Å². The zero-order valence-corrected chi connectivity index (χ0v) is 15.4. The smallest absolute Gasteiger partial charge is 0.191 e. The molecular weight excluding hydrogens is 306 g/mol. The van der Waals surface area contributed by atoms with E-state index in [4.69, 9.17) is 14.2 Å². The first-order valence-electron chi connectivity index (χ1n) is 8.64. The van der Waals surface area contributed by atoms with Crippen molar-refractivity contribution in [2.45, 2.75) is 33.7 Å². The van der Waals surface area contributed by atoms with E-state index in [1.807, 2.05) is 32.0 Å². The molecule has 136 valence electrons. The number of guanidine groups is 1. The van der Waals surface area contributed by atoms with Gasteiger partial charge in [0, 0.05) is 19.7 Å². The highest BCUT2D eigenvalue weighted by Crippen LogP contribution is 2.28. The molecule has 0 fully saturated rings. The first-order valence-corrected chi connectivity index (χ1v) is 8.64. The van der Waals surface area contributed by atoms with Crippen LogP contribution in [0.4, 0.5) is 0 Å². The van der Waals surface area contributed by atoms with Crippen molar-refractivity contribution in [2.75, 3.05) is 40.0 Å². The second kappa shape index (κ2) is 12.5. The molecule has 0 amide bonds. The lowest BCUT2D eigenvalue weighted by Crippen LogP contribution is -2.39. The van der Waals surface area contributed by atoms with E-state index in [9.17, 15) is 0 Å². The summed E-state index contributed by atoms with van der Waals surface area (Å²) in [5.74, 6) is 2.29. The Bertz CT molecular complexity index is 492. The largest absolute Gasteiger partial charge is 0.493 e. The Morgan fingerprint density at radius 1 is 1.08 bits per heavy atom. The van der Waals surface area contributed by atoms with Gasteiger partial charge in [0.25, 0.3) is 0 Å². The molecule has 0 spiro atoms. The molecule has 0 atom stereocenters. The van der Waals surface area contributed by atoms with Gasteiger partial charge >= 0.3 is 0 Å². The Kier molecular flexibility index (Phi) is 10.4. The number of methoxy groups -OCH3 is 1. The maximum atomic E-state index is 5.67. The van der Waals surface area contributed by atoms with Crippen LogP contribution in [0.3, 0.4) is 0 Å². The SMILES string of the molecule is CCCOc1ccc(CN=C(NCC)NCCOCC)cc1OC. The quantitative estimate of drug-likeness (QED) is 0.369. The first-order chi connectivity index (χ1) is 11.7. The lowest BCUT2D eigenvalue weighted by atomic mass is 10.2. The highest BCUT2D eigenvalue weighted by atomic mass is 16.5. The van der Waals surface area contributed by atoms with E-state index >= 15 is 0 Å². The van der Waals surface area contributed by atoms with Crippen LogP contribution < -0.4 is 20.1 Å². The maximum Gasteiger partial charge on any atom is 0.191 e. The Hall–Kier alpha value is -1.95. The average Bonchev–Trinajstić information content (AvgIpc) is 2.61. The molecule has 0 saturated heterocycles. The van der Waals surface area contributed by atoms with E-state index in [0.29, 0.717) is 19.8 Å². The van der Waals surface area contributed by atoms with Crippen LogP contribution in [0.2, 0.25) is 0 Å². The van der Waals surface area contributed by atoms with Gasteiger partial charge in [0.05, 0.1) is 26.9 Å². The predicted octanol–water partition coefficient (Wildman–Crippen LogP) is 2.58. The molecule has 1 aromatic rings. The van der Waals surface area contributed by atoms with Crippen LogP contribution in [-0.4, -0.2) is 46.0 Å². The highest BCUT2D eigenvalue weighted by molar-refractivity contribution is 5.79. The molecule has 0 aliphatic rings. The standard InChI is InChI=1S/C18H31N3O3/c1-5-11-24-16-9-8-15(13-17(16)22-4)14-21-18(19-6-2)20-10-12-23-7-3/h8-9,13H,5-7,10-12,14H2,1-4H3,(H2,19,20,21). The van der Waals surface area contributed by atoms with Crippen molar-refractivity contribution in [3.8, 4) is 11.5 Å². The molecule has 0 aliphatic carbocycles. The lowest BCUT2D eigenvalue weighted by molar-refractivity contribution is 0.152. The third-order valence-electron chi connectivity index (χ3n) is 3.20. The monoisotopic (exact) mass is 337 g/mol. The first kappa shape index (κ1) is 20.1. The molecule has 0 radical (unpaired) electrons. The van der Waals surface area contributed by atoms with Gasteiger partial charge in [0.15, 0.2) is 17.5 Å². The number of aliphatic imine (C=N–C) groups is 1. The number of hydrogen-bond acceptors (Lipinski definition) is 4. The van der Waals surface area contributed by atoms with Crippen LogP contribution in [0.15, 0.2) is 23.2 Å². The van der Waals surface area contributed by atoms with Gasteiger partial charge in [-0.2, -0.15) is 0 Å². The van der Waals surface area contributed by atoms with Crippen molar-refractivity contribution >= 4 is 5.96 Å². The molecule has 0 saturated carbocycles. The van der Waals surface area contributed by atoms with Crippen LogP contribution in [0.1, 0.15) is 32.8 Å². The Balaban J connectivity index is 2.66. The molecular formula is C18H31N3O3. The van der Waals surface area contributed by atoms with Crippen LogP contribution in [0.5, 0.6) is 11.5 Å². The zero-order valence-electron chi connectivity index (χ0n) is 15.4. The van der Waals surface area contributed by atoms with Crippen LogP contribution in [-0.2, 0) is 11.3 Å². The van der Waals surface area contributed by atoms with Gasteiger partial charge < -0.3 is 24.8 Å². The number of nitrogens with one attached hydrogen (secondary N) is 2. The molecule has 0 aliphatic heterocycles. The average molecular weight is 337 g/mol. The predicted molar refractivity (Wildman–Crippen MR) is 98.1 cm³/mol. The molecule has 0 heterocycles.